The third-order valence-corrected chi connectivity index (χ3v) is 4.83. The number of hydrogen-bond acceptors (Lipinski definition) is 4. The van der Waals surface area contributed by atoms with E-state index in [1.165, 1.54) is 12.3 Å². The highest BCUT2D eigenvalue weighted by Crippen LogP contribution is 2.27. The minimum Gasteiger partial charge on any atom is -0.383 e. The second-order valence-electron chi connectivity index (χ2n) is 3.89. The van der Waals surface area contributed by atoms with Crippen molar-refractivity contribution in [2.45, 2.75) is 4.90 Å². The maximum absolute atomic E-state index is 13.7. The van der Waals surface area contributed by atoms with Crippen molar-refractivity contribution in [3.05, 3.63) is 45.0 Å². The molecule has 0 radical (unpaired) electrons. The van der Waals surface area contributed by atoms with Gasteiger partial charge in [-0.25, -0.2) is 22.2 Å². The first kappa shape index (κ1) is 16.1. The Morgan fingerprint density at radius 2 is 1.81 bits per heavy atom. The van der Waals surface area contributed by atoms with Crippen molar-refractivity contribution < 1.29 is 17.2 Å². The smallest absolute Gasteiger partial charge is 0.265 e. The Kier molecular flexibility index (Phi) is 4.49. The molecule has 0 unspecified atom stereocenters. The van der Waals surface area contributed by atoms with Crippen LogP contribution < -0.4 is 10.5 Å². The zero-order valence-corrected chi connectivity index (χ0v) is 14.1. The molecule has 0 saturated heterocycles. The molecule has 21 heavy (non-hydrogen) atoms. The van der Waals surface area contributed by atoms with Crippen LogP contribution in [0.25, 0.3) is 0 Å². The number of hydrogen-bond donors (Lipinski definition) is 2. The number of rotatable bonds is 3. The third-order valence-electron chi connectivity index (χ3n) is 2.39. The minimum atomic E-state index is -4.21. The molecule has 5 nitrogen and oxygen atoms in total. The van der Waals surface area contributed by atoms with Crippen LogP contribution in [0.2, 0.25) is 0 Å². The molecule has 0 bridgehead atoms. The molecular formula is C11H7Br2F2N3O2S. The molecule has 0 spiro atoms. The topological polar surface area (TPSA) is 85.1 Å². The maximum atomic E-state index is 13.7. The summed E-state index contributed by atoms with van der Waals surface area (Å²) in [5.41, 5.74) is 4.96. The van der Waals surface area contributed by atoms with Crippen molar-refractivity contribution in [1.82, 2.24) is 4.98 Å². The summed E-state index contributed by atoms with van der Waals surface area (Å²) in [7, 11) is -4.21. The Morgan fingerprint density at radius 1 is 1.14 bits per heavy atom. The number of nitrogens with two attached hydrogens (primary N) is 1. The maximum Gasteiger partial charge on any atom is 0.265 e. The van der Waals surface area contributed by atoms with Crippen molar-refractivity contribution in [2.24, 2.45) is 0 Å². The second-order valence-corrected chi connectivity index (χ2v) is 7.31. The van der Waals surface area contributed by atoms with Crippen molar-refractivity contribution >= 4 is 53.4 Å². The van der Waals surface area contributed by atoms with Crippen LogP contribution in [0, 0.1) is 11.6 Å². The summed E-state index contributed by atoms with van der Waals surface area (Å²) in [5, 5.41) is 0. The molecule has 10 heteroatoms. The molecule has 0 aliphatic rings. The average Bonchev–Trinajstić information content (AvgIpc) is 2.38. The van der Waals surface area contributed by atoms with Gasteiger partial charge in [0.2, 0.25) is 0 Å². The summed E-state index contributed by atoms with van der Waals surface area (Å²) in [6.07, 6.45) is 1.31. The first-order valence-corrected chi connectivity index (χ1v) is 8.36. The van der Waals surface area contributed by atoms with Crippen molar-refractivity contribution in [3.8, 4) is 0 Å². The Balaban J connectivity index is 2.47. The van der Waals surface area contributed by atoms with Gasteiger partial charge in [0.05, 0.1) is 10.2 Å². The van der Waals surface area contributed by atoms with E-state index in [1.54, 1.807) is 0 Å². The molecule has 0 aliphatic heterocycles. The highest BCUT2D eigenvalue weighted by molar-refractivity contribution is 9.10. The zero-order chi connectivity index (χ0) is 15.8. The van der Waals surface area contributed by atoms with Crippen LogP contribution in [0.5, 0.6) is 0 Å². The van der Waals surface area contributed by atoms with Crippen LogP contribution in [0.15, 0.2) is 38.2 Å². The van der Waals surface area contributed by atoms with E-state index in [0.717, 1.165) is 12.1 Å². The van der Waals surface area contributed by atoms with Gasteiger partial charge in [0.15, 0.2) is 0 Å². The van der Waals surface area contributed by atoms with E-state index in [4.69, 9.17) is 5.73 Å². The van der Waals surface area contributed by atoms with Crippen LogP contribution >= 0.6 is 31.9 Å². The molecule has 1 heterocycles. The third kappa shape index (κ3) is 3.50. The Morgan fingerprint density at radius 3 is 2.48 bits per heavy atom. The lowest BCUT2D eigenvalue weighted by molar-refractivity contribution is 0.592. The van der Waals surface area contributed by atoms with Gasteiger partial charge in [-0.15, -0.1) is 0 Å². The molecule has 0 amide bonds. The molecule has 2 rings (SSSR count). The van der Waals surface area contributed by atoms with Gasteiger partial charge in [-0.05, 0) is 44.0 Å². The van der Waals surface area contributed by atoms with Crippen LogP contribution in [0.3, 0.4) is 0 Å². The number of aromatic nitrogens is 1. The SMILES string of the molecule is Nc1ncc(Br)cc1S(=O)(=O)Nc1cc(F)c(Br)cc1F. The largest absolute Gasteiger partial charge is 0.383 e. The Labute approximate surface area is 135 Å². The minimum absolute atomic E-state index is 0.119. The highest BCUT2D eigenvalue weighted by atomic mass is 79.9. The van der Waals surface area contributed by atoms with Gasteiger partial charge in [-0.1, -0.05) is 0 Å². The molecule has 0 aliphatic carbocycles. The second kappa shape index (κ2) is 5.85. The summed E-state index contributed by atoms with van der Waals surface area (Å²) >= 11 is 5.86. The standard InChI is InChI=1S/C11H7Br2F2N3O2S/c12-5-1-10(11(16)17-4-5)21(19,20)18-9-3-7(14)6(13)2-8(9)15/h1-4,18H,(H2,16,17). The van der Waals surface area contributed by atoms with Gasteiger partial charge in [0.25, 0.3) is 10.0 Å². The number of sulfonamides is 1. The number of nitrogens with one attached hydrogen (secondary N) is 1. The Hall–Kier alpha value is -1.26. The quantitative estimate of drug-likeness (QED) is 0.714. The summed E-state index contributed by atoms with van der Waals surface area (Å²) < 4.78 is 53.6. The normalized spacial score (nSPS) is 11.4. The summed E-state index contributed by atoms with van der Waals surface area (Å²) in [6.45, 7) is 0. The predicted octanol–water partition coefficient (Wildman–Crippen LogP) is 3.27. The van der Waals surface area contributed by atoms with Crippen LogP contribution in [-0.4, -0.2) is 13.4 Å². The fourth-order valence-electron chi connectivity index (χ4n) is 1.45. The lowest BCUT2D eigenvalue weighted by Gasteiger charge is -2.11. The number of halogens is 4. The first-order chi connectivity index (χ1) is 9.70. The predicted molar refractivity (Wildman–Crippen MR) is 81.2 cm³/mol. The number of nitrogen functional groups attached to an aromatic ring is 1. The highest BCUT2D eigenvalue weighted by Gasteiger charge is 2.21. The number of pyridine rings is 1. The summed E-state index contributed by atoms with van der Waals surface area (Å²) in [5.74, 6) is -2.01. The van der Waals surface area contributed by atoms with E-state index >= 15 is 0 Å². The molecule has 0 fully saturated rings. The van der Waals surface area contributed by atoms with Crippen LogP contribution in [0.4, 0.5) is 20.3 Å². The van der Waals surface area contributed by atoms with E-state index < -0.39 is 27.3 Å². The Bertz CT molecular complexity index is 815. The molecule has 1 aromatic carbocycles. The summed E-state index contributed by atoms with van der Waals surface area (Å²) in [6, 6.07) is 2.74. The van der Waals surface area contributed by atoms with E-state index in [2.05, 4.69) is 36.8 Å². The molecule has 1 aromatic heterocycles. The zero-order valence-electron chi connectivity index (χ0n) is 10.1. The van der Waals surface area contributed by atoms with E-state index in [9.17, 15) is 17.2 Å². The lowest BCUT2D eigenvalue weighted by atomic mass is 10.3. The molecule has 0 atom stereocenters. The molecule has 112 valence electrons. The average molecular weight is 443 g/mol. The molecular weight excluding hydrogens is 436 g/mol. The summed E-state index contributed by atoms with van der Waals surface area (Å²) in [4.78, 5) is 3.33. The number of benzene rings is 1. The lowest BCUT2D eigenvalue weighted by Crippen LogP contribution is -2.16. The first-order valence-electron chi connectivity index (χ1n) is 5.29. The van der Waals surface area contributed by atoms with Gasteiger partial charge in [0, 0.05) is 16.7 Å². The van der Waals surface area contributed by atoms with Crippen LogP contribution in [0.1, 0.15) is 0 Å². The van der Waals surface area contributed by atoms with E-state index in [1.807, 2.05) is 4.72 Å². The molecule has 0 saturated carbocycles. The fraction of sp³-hybridized carbons (Fsp3) is 0. The molecule has 3 N–H and O–H groups in total. The van der Waals surface area contributed by atoms with Crippen molar-refractivity contribution in [1.29, 1.82) is 0 Å². The molecule has 2 aromatic rings. The van der Waals surface area contributed by atoms with Gasteiger partial charge < -0.3 is 5.73 Å². The monoisotopic (exact) mass is 441 g/mol. The number of anilines is 2. The van der Waals surface area contributed by atoms with E-state index in [-0.39, 0.29) is 15.2 Å². The van der Waals surface area contributed by atoms with Crippen LogP contribution in [-0.2, 0) is 10.0 Å². The van der Waals surface area contributed by atoms with Crippen molar-refractivity contribution in [2.75, 3.05) is 10.5 Å². The van der Waals surface area contributed by atoms with Crippen molar-refractivity contribution in [3.63, 3.8) is 0 Å². The van der Waals surface area contributed by atoms with Gasteiger partial charge in [-0.3, -0.25) is 4.72 Å². The fourth-order valence-corrected chi connectivity index (χ4v) is 3.41. The number of nitrogens with zero attached hydrogens (tertiary/aromatic N) is 1. The van der Waals surface area contributed by atoms with E-state index in [0.29, 0.717) is 4.47 Å². The van der Waals surface area contributed by atoms with Gasteiger partial charge in [0.1, 0.15) is 22.3 Å². The van der Waals surface area contributed by atoms with Gasteiger partial charge >= 0.3 is 0 Å². The van der Waals surface area contributed by atoms with Gasteiger partial charge in [-0.2, -0.15) is 0 Å².